The summed E-state index contributed by atoms with van der Waals surface area (Å²) in [6, 6.07) is 3.66. The van der Waals surface area contributed by atoms with Crippen LogP contribution in [-0.4, -0.2) is 78.1 Å². The minimum Gasteiger partial charge on any atom is -0.483 e. The summed E-state index contributed by atoms with van der Waals surface area (Å²) in [7, 11) is 3.97. The van der Waals surface area contributed by atoms with Gasteiger partial charge in [-0.15, -0.1) is 0 Å². The lowest BCUT2D eigenvalue weighted by molar-refractivity contribution is -0.150. The fraction of sp³-hybridized carbons (Fsp3) is 0.600. The molecular formula is C20H29N3O5. The predicted molar refractivity (Wildman–Crippen MR) is 103 cm³/mol. The highest BCUT2D eigenvalue weighted by molar-refractivity contribution is 5.94. The quantitative estimate of drug-likeness (QED) is 0.615. The molecule has 1 spiro atoms. The van der Waals surface area contributed by atoms with Gasteiger partial charge in [-0.2, -0.15) is 0 Å². The van der Waals surface area contributed by atoms with E-state index in [9.17, 15) is 9.59 Å². The molecular weight excluding hydrogens is 362 g/mol. The van der Waals surface area contributed by atoms with Crippen LogP contribution < -0.4 is 0 Å². The fourth-order valence-electron chi connectivity index (χ4n) is 4.03. The third kappa shape index (κ3) is 5.07. The van der Waals surface area contributed by atoms with E-state index in [0.717, 1.165) is 24.4 Å². The third-order valence-corrected chi connectivity index (χ3v) is 5.23. The van der Waals surface area contributed by atoms with Gasteiger partial charge in [0.2, 0.25) is 0 Å². The van der Waals surface area contributed by atoms with Crippen LogP contribution in [0.1, 0.15) is 41.0 Å². The lowest BCUT2D eigenvalue weighted by atomic mass is 9.76. The molecule has 8 nitrogen and oxygen atoms in total. The summed E-state index contributed by atoms with van der Waals surface area (Å²) in [5.41, 5.74) is 1.98. The predicted octanol–water partition coefficient (Wildman–Crippen LogP) is 1.50. The average molecular weight is 391 g/mol. The van der Waals surface area contributed by atoms with E-state index in [2.05, 4.69) is 4.98 Å². The van der Waals surface area contributed by atoms with Crippen LogP contribution in [0.2, 0.25) is 0 Å². The van der Waals surface area contributed by atoms with Gasteiger partial charge >= 0.3 is 5.97 Å². The Morgan fingerprint density at radius 3 is 2.36 bits per heavy atom. The van der Waals surface area contributed by atoms with E-state index < -0.39 is 5.41 Å². The normalized spacial score (nSPS) is 20.5. The number of esters is 1. The Labute approximate surface area is 165 Å². The van der Waals surface area contributed by atoms with Crippen molar-refractivity contribution >= 4 is 18.3 Å². The number of aryl methyl sites for hydroxylation is 2. The number of carbonyl (C=O) groups excluding carboxylic acids is 2. The minimum absolute atomic E-state index is 0.0275. The number of hydrogen-bond donors (Lipinski definition) is 1. The van der Waals surface area contributed by atoms with E-state index in [0.29, 0.717) is 31.5 Å². The molecule has 1 aromatic heterocycles. The van der Waals surface area contributed by atoms with E-state index in [1.165, 1.54) is 0 Å². The molecule has 2 aliphatic rings. The fourth-order valence-corrected chi connectivity index (χ4v) is 4.03. The van der Waals surface area contributed by atoms with Gasteiger partial charge in [0.05, 0.1) is 5.41 Å². The molecule has 1 amide bonds. The number of rotatable bonds is 3. The lowest BCUT2D eigenvalue weighted by Crippen LogP contribution is -2.45. The highest BCUT2D eigenvalue weighted by Crippen LogP contribution is 2.43. The lowest BCUT2D eigenvalue weighted by Gasteiger charge is -2.36. The van der Waals surface area contributed by atoms with Crippen LogP contribution in [0.5, 0.6) is 0 Å². The molecule has 1 unspecified atom stereocenters. The zero-order chi connectivity index (χ0) is 20.9. The standard InChI is InChI=1S/C19H27N3O3.CH2O2/c1-13-9-15(10-14(2)20-13)17(23)22-7-5-19(6-8-22)11-16(12-21(3)4)25-18(19)24;2-1-3/h9-10,16H,5-8,11-12H2,1-4H3;1H,(H,2,3). The first-order chi connectivity index (χ1) is 13.2. The molecule has 2 aliphatic heterocycles. The Morgan fingerprint density at radius 1 is 1.32 bits per heavy atom. The number of nitrogens with zero attached hydrogens (tertiary/aromatic N) is 3. The van der Waals surface area contributed by atoms with Gasteiger partial charge in [-0.1, -0.05) is 0 Å². The summed E-state index contributed by atoms with van der Waals surface area (Å²) in [5, 5.41) is 6.89. The summed E-state index contributed by atoms with van der Waals surface area (Å²) < 4.78 is 5.58. The molecule has 28 heavy (non-hydrogen) atoms. The molecule has 3 rings (SSSR count). The van der Waals surface area contributed by atoms with Crippen molar-refractivity contribution in [1.29, 1.82) is 0 Å². The highest BCUT2D eigenvalue weighted by atomic mass is 16.6. The second-order valence-corrected chi connectivity index (χ2v) is 7.81. The Bertz CT molecular complexity index is 706. The Kier molecular flexibility index (Phi) is 7.12. The number of aromatic nitrogens is 1. The zero-order valence-corrected chi connectivity index (χ0v) is 17.0. The second-order valence-electron chi connectivity index (χ2n) is 7.81. The highest BCUT2D eigenvalue weighted by Gasteiger charge is 2.50. The molecule has 8 heteroatoms. The maximum absolute atomic E-state index is 12.8. The average Bonchev–Trinajstić information content (AvgIpc) is 2.89. The molecule has 0 saturated carbocycles. The molecule has 1 aromatic rings. The van der Waals surface area contributed by atoms with Crippen LogP contribution >= 0.6 is 0 Å². The first kappa shape index (κ1) is 21.8. The van der Waals surface area contributed by atoms with Gasteiger partial charge < -0.3 is 19.6 Å². The van der Waals surface area contributed by atoms with E-state index in [-0.39, 0.29) is 24.5 Å². The van der Waals surface area contributed by atoms with Gasteiger partial charge in [-0.05, 0) is 52.9 Å². The number of hydrogen-bond acceptors (Lipinski definition) is 6. The van der Waals surface area contributed by atoms with E-state index in [1.54, 1.807) is 0 Å². The molecule has 154 valence electrons. The maximum atomic E-state index is 12.8. The topological polar surface area (TPSA) is 100 Å². The van der Waals surface area contributed by atoms with Gasteiger partial charge in [-0.3, -0.25) is 19.4 Å². The molecule has 0 bridgehead atoms. The first-order valence-electron chi connectivity index (χ1n) is 9.39. The summed E-state index contributed by atoms with van der Waals surface area (Å²) >= 11 is 0. The van der Waals surface area contributed by atoms with Crippen molar-refractivity contribution in [2.24, 2.45) is 5.41 Å². The van der Waals surface area contributed by atoms with Crippen molar-refractivity contribution in [2.45, 2.75) is 39.2 Å². The first-order valence-corrected chi connectivity index (χ1v) is 9.39. The largest absolute Gasteiger partial charge is 0.483 e. The van der Waals surface area contributed by atoms with Crippen LogP contribution in [-0.2, 0) is 14.3 Å². The van der Waals surface area contributed by atoms with E-state index >= 15 is 0 Å². The number of pyridine rings is 1. The molecule has 2 saturated heterocycles. The van der Waals surface area contributed by atoms with Gasteiger partial charge in [0.15, 0.2) is 0 Å². The number of likely N-dealkylation sites (tertiary alicyclic amines) is 1. The third-order valence-electron chi connectivity index (χ3n) is 5.23. The second kappa shape index (κ2) is 9.14. The minimum atomic E-state index is -0.401. The Balaban J connectivity index is 0.000000878. The van der Waals surface area contributed by atoms with Crippen LogP contribution in [0.15, 0.2) is 12.1 Å². The smallest absolute Gasteiger partial charge is 0.312 e. The number of piperidine rings is 1. The van der Waals surface area contributed by atoms with Crippen molar-refractivity contribution in [2.75, 3.05) is 33.7 Å². The van der Waals surface area contributed by atoms with Crippen molar-refractivity contribution in [3.8, 4) is 0 Å². The van der Waals surface area contributed by atoms with Crippen molar-refractivity contribution in [3.63, 3.8) is 0 Å². The van der Waals surface area contributed by atoms with E-state index in [1.807, 2.05) is 49.9 Å². The summed E-state index contributed by atoms with van der Waals surface area (Å²) in [4.78, 5) is 41.8. The summed E-state index contributed by atoms with van der Waals surface area (Å²) in [5.74, 6) is -0.0540. The SMILES string of the molecule is Cc1cc(C(=O)N2CCC3(CC2)CC(CN(C)C)OC3=O)cc(C)n1.O=CO. The van der Waals surface area contributed by atoms with Gasteiger partial charge in [-0.25, -0.2) is 0 Å². The number of carbonyl (C=O) groups is 3. The van der Waals surface area contributed by atoms with Crippen LogP contribution in [0.4, 0.5) is 0 Å². The Hall–Kier alpha value is -2.48. The molecule has 0 aliphatic carbocycles. The van der Waals surface area contributed by atoms with Crippen molar-refractivity contribution in [1.82, 2.24) is 14.8 Å². The summed E-state index contributed by atoms with van der Waals surface area (Å²) in [6.07, 6.45) is 2.10. The van der Waals surface area contributed by atoms with Crippen molar-refractivity contribution in [3.05, 3.63) is 29.1 Å². The molecule has 2 fully saturated rings. The number of cyclic esters (lactones) is 1. The number of carboxylic acid groups (broad SMARTS) is 1. The van der Waals surface area contributed by atoms with Crippen LogP contribution in [0.25, 0.3) is 0 Å². The van der Waals surface area contributed by atoms with Crippen LogP contribution in [0, 0.1) is 19.3 Å². The van der Waals surface area contributed by atoms with Gasteiger partial charge in [0.25, 0.3) is 12.4 Å². The van der Waals surface area contributed by atoms with E-state index in [4.69, 9.17) is 14.6 Å². The maximum Gasteiger partial charge on any atom is 0.312 e. The molecule has 1 N–H and O–H groups in total. The monoisotopic (exact) mass is 391 g/mol. The van der Waals surface area contributed by atoms with Gasteiger partial charge in [0, 0.05) is 43.0 Å². The number of likely N-dealkylation sites (N-methyl/N-ethyl adjacent to an activating group) is 1. The number of amides is 1. The molecule has 0 radical (unpaired) electrons. The molecule has 1 atom stereocenters. The van der Waals surface area contributed by atoms with Crippen LogP contribution in [0.3, 0.4) is 0 Å². The zero-order valence-electron chi connectivity index (χ0n) is 17.0. The molecule has 3 heterocycles. The summed E-state index contributed by atoms with van der Waals surface area (Å²) in [6.45, 7) is 5.50. The Morgan fingerprint density at radius 2 is 1.86 bits per heavy atom. The molecule has 0 aromatic carbocycles. The van der Waals surface area contributed by atoms with Gasteiger partial charge in [0.1, 0.15) is 6.10 Å². The number of ether oxygens (including phenoxy) is 1. The van der Waals surface area contributed by atoms with Crippen molar-refractivity contribution < 1.29 is 24.2 Å².